The van der Waals surface area contributed by atoms with Crippen molar-refractivity contribution in [3.8, 4) is 0 Å². The van der Waals surface area contributed by atoms with E-state index >= 15 is 0 Å². The van der Waals surface area contributed by atoms with Crippen molar-refractivity contribution >= 4 is 29.1 Å². The number of hydrogen-bond acceptors (Lipinski definition) is 1. The van der Waals surface area contributed by atoms with Crippen molar-refractivity contribution in [3.05, 3.63) is 69.2 Å². The minimum Gasteiger partial charge on any atom is -0.353 e. The molecule has 1 aliphatic carbocycles. The summed E-state index contributed by atoms with van der Waals surface area (Å²) in [6.07, 6.45) is 2.73. The van der Waals surface area contributed by atoms with Gasteiger partial charge in [-0.25, -0.2) is 0 Å². The number of halogens is 2. The first-order chi connectivity index (χ1) is 13.4. The average Bonchev–Trinajstić information content (AvgIpc) is 2.93. The lowest BCUT2D eigenvalue weighted by atomic mass is 9.54. The first kappa shape index (κ1) is 19.8. The summed E-state index contributed by atoms with van der Waals surface area (Å²) in [7, 11) is 0. The number of fused-ring (bicyclic) bond motifs is 1. The van der Waals surface area contributed by atoms with Gasteiger partial charge in [0, 0.05) is 22.0 Å². The molecule has 1 amide bonds. The molecule has 0 aromatic heterocycles. The van der Waals surface area contributed by atoms with E-state index in [2.05, 4.69) is 56.4 Å². The van der Waals surface area contributed by atoms with Crippen LogP contribution in [0.3, 0.4) is 0 Å². The Kier molecular flexibility index (Phi) is 5.22. The van der Waals surface area contributed by atoms with Crippen LogP contribution in [0, 0.1) is 18.3 Å². The van der Waals surface area contributed by atoms with E-state index in [0.29, 0.717) is 0 Å². The maximum absolute atomic E-state index is 13.0. The minimum atomic E-state index is -0.294. The van der Waals surface area contributed by atoms with Crippen LogP contribution in [0.1, 0.15) is 61.6 Å². The summed E-state index contributed by atoms with van der Waals surface area (Å²) in [5.74, 6) is 0.969. The molecule has 2 aromatic rings. The highest BCUT2D eigenvalue weighted by Crippen LogP contribution is 2.60. The molecule has 2 nitrogen and oxygen atoms in total. The summed E-state index contributed by atoms with van der Waals surface area (Å²) in [4.78, 5) is 13.0. The second kappa shape index (κ2) is 7.39. The van der Waals surface area contributed by atoms with Crippen LogP contribution in [-0.4, -0.2) is 11.9 Å². The Morgan fingerprint density at radius 3 is 2.50 bits per heavy atom. The van der Waals surface area contributed by atoms with Gasteiger partial charge in [0.15, 0.2) is 0 Å². The van der Waals surface area contributed by atoms with Crippen LogP contribution in [-0.2, 0) is 4.79 Å². The van der Waals surface area contributed by atoms with E-state index in [1.54, 1.807) is 0 Å². The molecular formula is C24H27Cl2NO. The topological polar surface area (TPSA) is 29.1 Å². The molecular weight excluding hydrogens is 389 g/mol. The molecule has 2 aliphatic rings. The molecule has 1 saturated heterocycles. The van der Waals surface area contributed by atoms with E-state index < -0.39 is 0 Å². The van der Waals surface area contributed by atoms with Gasteiger partial charge in [-0.1, -0.05) is 54.4 Å². The summed E-state index contributed by atoms with van der Waals surface area (Å²) >= 11 is 12.9. The average molecular weight is 416 g/mol. The van der Waals surface area contributed by atoms with E-state index in [1.807, 2.05) is 12.1 Å². The zero-order valence-corrected chi connectivity index (χ0v) is 18.1. The second-order valence-corrected chi connectivity index (χ2v) is 9.39. The van der Waals surface area contributed by atoms with Crippen LogP contribution in [0.25, 0.3) is 0 Å². The standard InChI is InChI=1S/C24H27Cl2NO/c1-4-24-12-11-19(18-10-5-14(2)13-20(18)26)21(16-6-8-17(25)9-7-16)22(24)15(3)27-23(24)28/h5-10,13,15,19,21-22H,4,11-12H2,1-3H3,(H,27,28)/t15-,19+,21-,22+,24-/m1/s1. The van der Waals surface area contributed by atoms with Crippen molar-refractivity contribution in [2.75, 3.05) is 0 Å². The highest BCUT2D eigenvalue weighted by molar-refractivity contribution is 6.31. The molecule has 5 atom stereocenters. The molecule has 1 heterocycles. The van der Waals surface area contributed by atoms with E-state index in [-0.39, 0.29) is 35.1 Å². The van der Waals surface area contributed by atoms with Crippen molar-refractivity contribution in [2.24, 2.45) is 11.3 Å². The largest absolute Gasteiger partial charge is 0.353 e. The van der Waals surface area contributed by atoms with Crippen LogP contribution < -0.4 is 5.32 Å². The van der Waals surface area contributed by atoms with Crippen molar-refractivity contribution < 1.29 is 4.79 Å². The molecule has 1 saturated carbocycles. The number of rotatable bonds is 3. The molecule has 0 spiro atoms. The van der Waals surface area contributed by atoms with Gasteiger partial charge in [-0.2, -0.15) is 0 Å². The molecule has 28 heavy (non-hydrogen) atoms. The van der Waals surface area contributed by atoms with Gasteiger partial charge in [-0.15, -0.1) is 0 Å². The fourth-order valence-electron chi connectivity index (χ4n) is 5.83. The van der Waals surface area contributed by atoms with Gasteiger partial charge < -0.3 is 5.32 Å². The Bertz CT molecular complexity index is 894. The number of carbonyl (C=O) groups excluding carboxylic acids is 1. The molecule has 2 fully saturated rings. The zero-order chi connectivity index (χ0) is 20.1. The fraction of sp³-hybridized carbons (Fsp3) is 0.458. The number of amides is 1. The van der Waals surface area contributed by atoms with Gasteiger partial charge in [0.2, 0.25) is 5.91 Å². The predicted molar refractivity (Wildman–Crippen MR) is 116 cm³/mol. The molecule has 4 rings (SSSR count). The summed E-state index contributed by atoms with van der Waals surface area (Å²) in [5.41, 5.74) is 3.32. The Morgan fingerprint density at radius 1 is 1.14 bits per heavy atom. The van der Waals surface area contributed by atoms with Gasteiger partial charge >= 0.3 is 0 Å². The molecule has 0 bridgehead atoms. The number of nitrogens with one attached hydrogen (secondary N) is 1. The van der Waals surface area contributed by atoms with Crippen molar-refractivity contribution in [3.63, 3.8) is 0 Å². The lowest BCUT2D eigenvalue weighted by Crippen LogP contribution is -2.43. The Labute approximate surface area is 177 Å². The van der Waals surface area contributed by atoms with Crippen LogP contribution in [0.15, 0.2) is 42.5 Å². The van der Waals surface area contributed by atoms with Gasteiger partial charge in [-0.05, 0) is 79.8 Å². The normalized spacial score (nSPS) is 32.1. The third kappa shape index (κ3) is 3.06. The van der Waals surface area contributed by atoms with Crippen LogP contribution in [0.4, 0.5) is 0 Å². The monoisotopic (exact) mass is 415 g/mol. The van der Waals surface area contributed by atoms with E-state index in [9.17, 15) is 4.79 Å². The Hall–Kier alpha value is -1.51. The third-order valence-corrected chi connectivity index (χ3v) is 7.73. The van der Waals surface area contributed by atoms with E-state index in [0.717, 1.165) is 29.3 Å². The maximum Gasteiger partial charge on any atom is 0.226 e. The van der Waals surface area contributed by atoms with Crippen LogP contribution in [0.5, 0.6) is 0 Å². The molecule has 2 aromatic carbocycles. The summed E-state index contributed by atoms with van der Waals surface area (Å²) in [6.45, 7) is 6.38. The van der Waals surface area contributed by atoms with Crippen LogP contribution >= 0.6 is 23.2 Å². The van der Waals surface area contributed by atoms with E-state index in [4.69, 9.17) is 23.2 Å². The quantitative estimate of drug-likeness (QED) is 0.609. The molecule has 4 heteroatoms. The molecule has 1 N–H and O–H groups in total. The lowest BCUT2D eigenvalue weighted by Gasteiger charge is -2.47. The lowest BCUT2D eigenvalue weighted by molar-refractivity contribution is -0.131. The minimum absolute atomic E-state index is 0.139. The number of aryl methyl sites for hydroxylation is 1. The Balaban J connectivity index is 1.87. The maximum atomic E-state index is 13.0. The number of carbonyl (C=O) groups is 1. The zero-order valence-electron chi connectivity index (χ0n) is 16.6. The summed E-state index contributed by atoms with van der Waals surface area (Å²) in [5, 5.41) is 4.83. The third-order valence-electron chi connectivity index (χ3n) is 7.15. The molecule has 1 aliphatic heterocycles. The smallest absolute Gasteiger partial charge is 0.226 e. The number of benzene rings is 2. The van der Waals surface area contributed by atoms with Crippen molar-refractivity contribution in [2.45, 2.75) is 57.9 Å². The number of hydrogen-bond donors (Lipinski definition) is 1. The molecule has 0 unspecified atom stereocenters. The van der Waals surface area contributed by atoms with Crippen molar-refractivity contribution in [1.82, 2.24) is 5.32 Å². The predicted octanol–water partition coefficient (Wildman–Crippen LogP) is 6.49. The van der Waals surface area contributed by atoms with Gasteiger partial charge in [0.05, 0.1) is 5.41 Å². The highest BCUT2D eigenvalue weighted by atomic mass is 35.5. The first-order valence-corrected chi connectivity index (χ1v) is 11.0. The SMILES string of the molecule is CC[C@@]12CC[C@@H](c3ccc(C)cc3Cl)[C@@H](c3ccc(Cl)cc3)[C@@H]1[C@@H](C)NC2=O. The fourth-order valence-corrected chi connectivity index (χ4v) is 6.33. The summed E-state index contributed by atoms with van der Waals surface area (Å²) in [6, 6.07) is 14.7. The van der Waals surface area contributed by atoms with Gasteiger partial charge in [0.25, 0.3) is 0 Å². The summed E-state index contributed by atoms with van der Waals surface area (Å²) < 4.78 is 0. The Morgan fingerprint density at radius 2 is 1.86 bits per heavy atom. The van der Waals surface area contributed by atoms with Crippen molar-refractivity contribution in [1.29, 1.82) is 0 Å². The van der Waals surface area contributed by atoms with Gasteiger partial charge in [-0.3, -0.25) is 4.79 Å². The molecule has 148 valence electrons. The van der Waals surface area contributed by atoms with Gasteiger partial charge in [0.1, 0.15) is 0 Å². The molecule has 0 radical (unpaired) electrons. The highest BCUT2D eigenvalue weighted by Gasteiger charge is 2.59. The van der Waals surface area contributed by atoms with E-state index in [1.165, 1.54) is 16.7 Å². The first-order valence-electron chi connectivity index (χ1n) is 10.2. The second-order valence-electron chi connectivity index (χ2n) is 8.55. The van der Waals surface area contributed by atoms with Crippen LogP contribution in [0.2, 0.25) is 10.0 Å².